The molecule has 0 saturated carbocycles. The van der Waals surface area contributed by atoms with Crippen LogP contribution in [0.3, 0.4) is 0 Å². The Morgan fingerprint density at radius 2 is 1.79 bits per heavy atom. The molecule has 0 aromatic carbocycles. The first-order valence-electron chi connectivity index (χ1n) is 3.83. The molecule has 0 N–H and O–H groups in total. The van der Waals surface area contributed by atoms with Crippen molar-refractivity contribution < 1.29 is 14.2 Å². The van der Waals surface area contributed by atoms with Gasteiger partial charge in [0.25, 0.3) is 0 Å². The summed E-state index contributed by atoms with van der Waals surface area (Å²) in [5.41, 5.74) is 0. The molecule has 0 saturated heterocycles. The van der Waals surface area contributed by atoms with Crippen LogP contribution in [0.2, 0.25) is 5.28 Å². The molecule has 0 aliphatic rings. The summed E-state index contributed by atoms with van der Waals surface area (Å²) in [6.07, 6.45) is 0. The Kier molecular flexibility index (Phi) is 4.34. The maximum Gasteiger partial charge on any atom is 0.324 e. The van der Waals surface area contributed by atoms with Gasteiger partial charge in [0.2, 0.25) is 5.28 Å². The Hall–Kier alpha value is -1.14. The predicted octanol–water partition coefficient (Wildman–Crippen LogP) is 0.559. The fourth-order valence-electron chi connectivity index (χ4n) is 0.687. The molecule has 0 atom stereocenters. The number of rotatable bonds is 5. The highest BCUT2D eigenvalue weighted by Gasteiger charge is 2.05. The molecular weight excluding hydrogens is 210 g/mol. The fraction of sp³-hybridized carbons (Fsp3) is 0.571. The quantitative estimate of drug-likeness (QED) is 0.674. The van der Waals surface area contributed by atoms with Gasteiger partial charge < -0.3 is 14.2 Å². The van der Waals surface area contributed by atoms with Crippen LogP contribution in [-0.4, -0.2) is 42.4 Å². The molecule has 1 rings (SSSR count). The first-order chi connectivity index (χ1) is 6.76. The summed E-state index contributed by atoms with van der Waals surface area (Å²) in [4.78, 5) is 11.2. The van der Waals surface area contributed by atoms with Crippen LogP contribution < -0.4 is 9.47 Å². The van der Waals surface area contributed by atoms with Crippen molar-refractivity contribution in [3.05, 3.63) is 5.28 Å². The molecule has 1 aromatic rings. The number of aromatic nitrogens is 3. The number of hydrogen-bond acceptors (Lipinski definition) is 6. The molecule has 0 fully saturated rings. The summed E-state index contributed by atoms with van der Waals surface area (Å²) >= 11 is 5.59. The summed E-state index contributed by atoms with van der Waals surface area (Å²) in [5, 5.41) is 0.0317. The molecule has 78 valence electrons. The maximum atomic E-state index is 5.59. The minimum absolute atomic E-state index is 0.0317. The molecule has 0 amide bonds. The van der Waals surface area contributed by atoms with Gasteiger partial charge in [-0.15, -0.1) is 4.98 Å². The third-order valence-electron chi connectivity index (χ3n) is 1.27. The van der Waals surface area contributed by atoms with Crippen molar-refractivity contribution in [2.24, 2.45) is 0 Å². The number of methoxy groups -OCH3 is 2. The maximum absolute atomic E-state index is 5.59. The minimum atomic E-state index is 0.0317. The molecule has 14 heavy (non-hydrogen) atoms. The van der Waals surface area contributed by atoms with Gasteiger partial charge in [0.1, 0.15) is 6.61 Å². The molecule has 0 unspecified atom stereocenters. The standard InChI is InChI=1S/C7H10ClN3O3/c1-12-3-4-14-7-10-5(8)9-6(11-7)13-2/h3-4H2,1-2H3. The van der Waals surface area contributed by atoms with E-state index in [0.29, 0.717) is 13.2 Å². The average molecular weight is 220 g/mol. The van der Waals surface area contributed by atoms with Gasteiger partial charge in [0, 0.05) is 7.11 Å². The van der Waals surface area contributed by atoms with Gasteiger partial charge in [-0.05, 0) is 11.6 Å². The monoisotopic (exact) mass is 219 g/mol. The molecular formula is C7H10ClN3O3. The third kappa shape index (κ3) is 3.31. The molecule has 7 heteroatoms. The summed E-state index contributed by atoms with van der Waals surface area (Å²) in [5.74, 6) is 0. The van der Waals surface area contributed by atoms with Crippen LogP contribution in [0.15, 0.2) is 0 Å². The lowest BCUT2D eigenvalue weighted by molar-refractivity contribution is 0.140. The summed E-state index contributed by atoms with van der Waals surface area (Å²) in [6, 6.07) is 0.247. The van der Waals surface area contributed by atoms with Crippen LogP contribution in [0.4, 0.5) is 0 Å². The Bertz CT molecular complexity index is 298. The Morgan fingerprint density at radius 1 is 1.07 bits per heavy atom. The zero-order valence-corrected chi connectivity index (χ0v) is 8.61. The van der Waals surface area contributed by atoms with E-state index in [2.05, 4.69) is 15.0 Å². The van der Waals surface area contributed by atoms with Gasteiger partial charge in [-0.1, -0.05) is 0 Å². The lowest BCUT2D eigenvalue weighted by atomic mass is 10.8. The highest BCUT2D eigenvalue weighted by molar-refractivity contribution is 6.28. The molecule has 0 aliphatic heterocycles. The first kappa shape index (κ1) is 10.9. The lowest BCUT2D eigenvalue weighted by Gasteiger charge is -2.04. The van der Waals surface area contributed by atoms with E-state index in [9.17, 15) is 0 Å². The Labute approximate surface area is 86.2 Å². The van der Waals surface area contributed by atoms with E-state index >= 15 is 0 Å². The molecule has 1 aromatic heterocycles. The third-order valence-corrected chi connectivity index (χ3v) is 1.44. The second kappa shape index (κ2) is 5.56. The second-order valence-electron chi connectivity index (χ2n) is 2.21. The highest BCUT2D eigenvalue weighted by atomic mass is 35.5. The van der Waals surface area contributed by atoms with Crippen LogP contribution in [0.1, 0.15) is 0 Å². The van der Waals surface area contributed by atoms with Gasteiger partial charge in [0.05, 0.1) is 13.7 Å². The Morgan fingerprint density at radius 3 is 2.43 bits per heavy atom. The van der Waals surface area contributed by atoms with E-state index in [1.807, 2.05) is 0 Å². The smallest absolute Gasteiger partial charge is 0.324 e. The van der Waals surface area contributed by atoms with Gasteiger partial charge in [-0.25, -0.2) is 0 Å². The summed E-state index contributed by atoms with van der Waals surface area (Å²) in [6.45, 7) is 0.797. The van der Waals surface area contributed by atoms with E-state index in [1.165, 1.54) is 7.11 Å². The summed E-state index contributed by atoms with van der Waals surface area (Å²) in [7, 11) is 3.01. The van der Waals surface area contributed by atoms with Crippen molar-refractivity contribution >= 4 is 11.6 Å². The largest absolute Gasteiger partial charge is 0.467 e. The average Bonchev–Trinajstić information content (AvgIpc) is 2.17. The van der Waals surface area contributed by atoms with Crippen LogP contribution in [-0.2, 0) is 4.74 Å². The van der Waals surface area contributed by atoms with Crippen molar-refractivity contribution in [2.75, 3.05) is 27.4 Å². The molecule has 0 spiro atoms. The van der Waals surface area contributed by atoms with Gasteiger partial charge >= 0.3 is 12.0 Å². The van der Waals surface area contributed by atoms with E-state index in [0.717, 1.165) is 0 Å². The van der Waals surface area contributed by atoms with Gasteiger partial charge in [-0.2, -0.15) is 9.97 Å². The van der Waals surface area contributed by atoms with E-state index < -0.39 is 0 Å². The Balaban J connectivity index is 2.62. The first-order valence-corrected chi connectivity index (χ1v) is 4.21. The molecule has 0 bridgehead atoms. The van der Waals surface area contributed by atoms with Gasteiger partial charge in [0.15, 0.2) is 0 Å². The molecule has 1 heterocycles. The van der Waals surface area contributed by atoms with Crippen molar-refractivity contribution in [1.82, 2.24) is 15.0 Å². The molecule has 0 radical (unpaired) electrons. The highest BCUT2D eigenvalue weighted by Crippen LogP contribution is 2.12. The van der Waals surface area contributed by atoms with Crippen LogP contribution >= 0.6 is 11.6 Å². The zero-order chi connectivity index (χ0) is 10.4. The molecule has 0 aliphatic carbocycles. The van der Waals surface area contributed by atoms with E-state index in [1.54, 1.807) is 7.11 Å². The SMILES string of the molecule is COCCOc1nc(Cl)nc(OC)n1. The molecule has 6 nitrogen and oxygen atoms in total. The number of nitrogens with zero attached hydrogens (tertiary/aromatic N) is 3. The van der Waals surface area contributed by atoms with Crippen molar-refractivity contribution in [3.63, 3.8) is 0 Å². The van der Waals surface area contributed by atoms with E-state index in [-0.39, 0.29) is 17.3 Å². The minimum Gasteiger partial charge on any atom is -0.467 e. The normalized spacial score (nSPS) is 9.93. The van der Waals surface area contributed by atoms with Crippen molar-refractivity contribution in [2.45, 2.75) is 0 Å². The van der Waals surface area contributed by atoms with Crippen molar-refractivity contribution in [1.29, 1.82) is 0 Å². The van der Waals surface area contributed by atoms with Crippen molar-refractivity contribution in [3.8, 4) is 12.0 Å². The fourth-order valence-corrected chi connectivity index (χ4v) is 0.831. The zero-order valence-electron chi connectivity index (χ0n) is 7.86. The predicted molar refractivity (Wildman–Crippen MR) is 48.8 cm³/mol. The number of hydrogen-bond donors (Lipinski definition) is 0. The number of halogens is 1. The van der Waals surface area contributed by atoms with Crippen LogP contribution in [0.25, 0.3) is 0 Å². The van der Waals surface area contributed by atoms with Crippen LogP contribution in [0.5, 0.6) is 12.0 Å². The lowest BCUT2D eigenvalue weighted by Crippen LogP contribution is -2.08. The second-order valence-corrected chi connectivity index (χ2v) is 2.55. The topological polar surface area (TPSA) is 66.4 Å². The number of ether oxygens (including phenoxy) is 3. The van der Waals surface area contributed by atoms with Crippen LogP contribution in [0, 0.1) is 0 Å². The van der Waals surface area contributed by atoms with E-state index in [4.69, 9.17) is 25.8 Å². The summed E-state index contributed by atoms with van der Waals surface area (Å²) < 4.78 is 14.7. The van der Waals surface area contributed by atoms with Gasteiger partial charge in [-0.3, -0.25) is 0 Å².